The molecule has 2 nitrogen and oxygen atoms in total. The van der Waals surface area contributed by atoms with Gasteiger partial charge in [-0.05, 0) is 37.8 Å². The first kappa shape index (κ1) is 12.2. The molecule has 1 fully saturated rings. The average Bonchev–Trinajstić information content (AvgIpc) is 2.39. The summed E-state index contributed by atoms with van der Waals surface area (Å²) in [4.78, 5) is 14.0. The fraction of sp³-hybridized carbons (Fsp3) is 0.533. The van der Waals surface area contributed by atoms with Crippen molar-refractivity contribution in [1.29, 1.82) is 0 Å². The van der Waals surface area contributed by atoms with E-state index in [2.05, 4.69) is 17.9 Å². The summed E-state index contributed by atoms with van der Waals surface area (Å²) in [7, 11) is 0. The van der Waals surface area contributed by atoms with E-state index in [-0.39, 0.29) is 5.78 Å². The van der Waals surface area contributed by atoms with Crippen molar-refractivity contribution in [2.24, 2.45) is 5.92 Å². The van der Waals surface area contributed by atoms with Crippen LogP contribution >= 0.6 is 0 Å². The van der Waals surface area contributed by atoms with Crippen LogP contribution in [0.25, 0.3) is 0 Å². The van der Waals surface area contributed by atoms with Gasteiger partial charge in [-0.3, -0.25) is 4.79 Å². The zero-order valence-electron chi connectivity index (χ0n) is 10.8. The van der Waals surface area contributed by atoms with Gasteiger partial charge in [0.05, 0.1) is 0 Å². The number of carbonyl (C=O) groups excluding carboxylic acids is 1. The van der Waals surface area contributed by atoms with Crippen molar-refractivity contribution in [3.05, 3.63) is 29.8 Å². The molecule has 1 saturated heterocycles. The second-order valence-electron chi connectivity index (χ2n) is 4.91. The Bertz CT molecular complexity index is 392. The van der Waals surface area contributed by atoms with E-state index in [4.69, 9.17) is 0 Å². The monoisotopic (exact) mass is 231 g/mol. The van der Waals surface area contributed by atoms with Gasteiger partial charge in [-0.1, -0.05) is 25.5 Å². The second-order valence-corrected chi connectivity index (χ2v) is 4.91. The van der Waals surface area contributed by atoms with Crippen LogP contribution in [0.5, 0.6) is 0 Å². The molecule has 1 aromatic rings. The number of piperidine rings is 1. The van der Waals surface area contributed by atoms with Crippen molar-refractivity contribution < 1.29 is 4.79 Å². The first-order valence-electron chi connectivity index (χ1n) is 6.57. The molecule has 0 bridgehead atoms. The molecule has 0 radical (unpaired) electrons. The molecule has 1 aromatic carbocycles. The minimum Gasteiger partial charge on any atom is -0.371 e. The van der Waals surface area contributed by atoms with Crippen LogP contribution in [-0.2, 0) is 0 Å². The third-order valence-corrected chi connectivity index (χ3v) is 3.82. The predicted octanol–water partition coefficient (Wildman–Crippen LogP) is 3.52. The summed E-state index contributed by atoms with van der Waals surface area (Å²) in [6.07, 6.45) is 3.79. The number of para-hydroxylation sites is 1. The Morgan fingerprint density at radius 1 is 1.29 bits per heavy atom. The number of rotatable bonds is 3. The van der Waals surface area contributed by atoms with Gasteiger partial charge in [-0.2, -0.15) is 0 Å². The zero-order chi connectivity index (χ0) is 12.3. The van der Waals surface area contributed by atoms with Crippen LogP contribution in [0.3, 0.4) is 0 Å². The molecule has 0 atom stereocenters. The van der Waals surface area contributed by atoms with Crippen LogP contribution in [0.4, 0.5) is 5.69 Å². The van der Waals surface area contributed by atoms with Gasteiger partial charge in [0.25, 0.3) is 0 Å². The van der Waals surface area contributed by atoms with E-state index >= 15 is 0 Å². The van der Waals surface area contributed by atoms with E-state index in [9.17, 15) is 4.79 Å². The van der Waals surface area contributed by atoms with E-state index in [1.165, 1.54) is 19.3 Å². The molecule has 1 aliphatic rings. The Morgan fingerprint density at radius 3 is 2.53 bits per heavy atom. The summed E-state index contributed by atoms with van der Waals surface area (Å²) in [6.45, 7) is 6.09. The second kappa shape index (κ2) is 5.35. The minimum atomic E-state index is 0.165. The molecule has 2 rings (SSSR count). The molecule has 0 N–H and O–H groups in total. The van der Waals surface area contributed by atoms with Crippen molar-refractivity contribution in [2.45, 2.75) is 33.1 Å². The van der Waals surface area contributed by atoms with E-state index < -0.39 is 0 Å². The topological polar surface area (TPSA) is 20.3 Å². The third-order valence-electron chi connectivity index (χ3n) is 3.82. The maximum atomic E-state index is 11.6. The first-order valence-corrected chi connectivity index (χ1v) is 6.57. The molecule has 0 aromatic heterocycles. The van der Waals surface area contributed by atoms with Crippen LogP contribution in [0.1, 0.15) is 43.5 Å². The fourth-order valence-electron chi connectivity index (χ4n) is 2.63. The van der Waals surface area contributed by atoms with Gasteiger partial charge in [0.1, 0.15) is 0 Å². The van der Waals surface area contributed by atoms with E-state index in [1.807, 2.05) is 18.2 Å². The standard InChI is InChI=1S/C15H21NO/c1-3-13-8-10-16(11-9-13)15-7-5-4-6-14(15)12(2)17/h4-7,13H,3,8-11H2,1-2H3. The van der Waals surface area contributed by atoms with Crippen molar-refractivity contribution in [3.63, 3.8) is 0 Å². The van der Waals surface area contributed by atoms with E-state index in [0.29, 0.717) is 0 Å². The normalized spacial score (nSPS) is 17.2. The Labute approximate surface area is 104 Å². The van der Waals surface area contributed by atoms with Gasteiger partial charge < -0.3 is 4.90 Å². The maximum absolute atomic E-state index is 11.6. The summed E-state index contributed by atoms with van der Waals surface area (Å²) >= 11 is 0. The number of nitrogens with zero attached hydrogens (tertiary/aromatic N) is 1. The summed E-state index contributed by atoms with van der Waals surface area (Å²) in [5, 5.41) is 0. The molecule has 0 spiro atoms. The molecule has 0 amide bonds. The summed E-state index contributed by atoms with van der Waals surface area (Å²) in [5.74, 6) is 1.04. The fourth-order valence-corrected chi connectivity index (χ4v) is 2.63. The number of anilines is 1. The van der Waals surface area contributed by atoms with Crippen LogP contribution in [0.15, 0.2) is 24.3 Å². The highest BCUT2D eigenvalue weighted by Crippen LogP contribution is 2.27. The number of Topliss-reactive ketones (excluding diaryl/α,β-unsaturated/α-hetero) is 1. The lowest BCUT2D eigenvalue weighted by Gasteiger charge is -2.34. The lowest BCUT2D eigenvalue weighted by molar-refractivity contribution is 0.101. The van der Waals surface area contributed by atoms with Crippen molar-refractivity contribution in [3.8, 4) is 0 Å². The average molecular weight is 231 g/mol. The van der Waals surface area contributed by atoms with E-state index in [0.717, 1.165) is 30.3 Å². The van der Waals surface area contributed by atoms with Crippen molar-refractivity contribution in [1.82, 2.24) is 0 Å². The third kappa shape index (κ3) is 2.68. The summed E-state index contributed by atoms with van der Waals surface area (Å²) in [5.41, 5.74) is 1.98. The quantitative estimate of drug-likeness (QED) is 0.742. The number of ketones is 1. The molecule has 92 valence electrons. The molecule has 0 unspecified atom stereocenters. The lowest BCUT2D eigenvalue weighted by atomic mass is 9.93. The van der Waals surface area contributed by atoms with Gasteiger partial charge in [0, 0.05) is 24.3 Å². The summed E-state index contributed by atoms with van der Waals surface area (Å²) < 4.78 is 0. The number of carbonyl (C=O) groups is 1. The molecule has 0 saturated carbocycles. The summed E-state index contributed by atoms with van der Waals surface area (Å²) in [6, 6.07) is 7.97. The number of benzene rings is 1. The Balaban J connectivity index is 2.15. The van der Waals surface area contributed by atoms with Gasteiger partial charge in [-0.15, -0.1) is 0 Å². The SMILES string of the molecule is CCC1CCN(c2ccccc2C(C)=O)CC1. The van der Waals surface area contributed by atoms with Gasteiger partial charge >= 0.3 is 0 Å². The van der Waals surface area contributed by atoms with Crippen molar-refractivity contribution >= 4 is 11.5 Å². The van der Waals surface area contributed by atoms with Crippen LogP contribution in [0, 0.1) is 5.92 Å². The molecule has 2 heteroatoms. The van der Waals surface area contributed by atoms with Crippen LogP contribution < -0.4 is 4.90 Å². The van der Waals surface area contributed by atoms with Gasteiger partial charge in [-0.25, -0.2) is 0 Å². The van der Waals surface area contributed by atoms with Gasteiger partial charge in [0.2, 0.25) is 0 Å². The van der Waals surface area contributed by atoms with Crippen LogP contribution in [-0.4, -0.2) is 18.9 Å². The largest absolute Gasteiger partial charge is 0.371 e. The lowest BCUT2D eigenvalue weighted by Crippen LogP contribution is -2.34. The van der Waals surface area contributed by atoms with Crippen molar-refractivity contribution in [2.75, 3.05) is 18.0 Å². The maximum Gasteiger partial charge on any atom is 0.161 e. The highest BCUT2D eigenvalue weighted by atomic mass is 16.1. The highest BCUT2D eigenvalue weighted by Gasteiger charge is 2.20. The number of hydrogen-bond acceptors (Lipinski definition) is 2. The molecular formula is C15H21NO. The molecule has 0 aliphatic carbocycles. The molecule has 1 heterocycles. The Kier molecular flexibility index (Phi) is 3.82. The molecule has 1 aliphatic heterocycles. The Hall–Kier alpha value is -1.31. The smallest absolute Gasteiger partial charge is 0.161 e. The zero-order valence-corrected chi connectivity index (χ0v) is 10.8. The van der Waals surface area contributed by atoms with Crippen LogP contribution in [0.2, 0.25) is 0 Å². The highest BCUT2D eigenvalue weighted by molar-refractivity contribution is 5.99. The number of hydrogen-bond donors (Lipinski definition) is 0. The molecular weight excluding hydrogens is 210 g/mol. The van der Waals surface area contributed by atoms with Gasteiger partial charge in [0.15, 0.2) is 5.78 Å². The Morgan fingerprint density at radius 2 is 1.94 bits per heavy atom. The molecule has 17 heavy (non-hydrogen) atoms. The first-order chi connectivity index (χ1) is 8.22. The predicted molar refractivity (Wildman–Crippen MR) is 71.7 cm³/mol. The van der Waals surface area contributed by atoms with E-state index in [1.54, 1.807) is 6.92 Å². The minimum absolute atomic E-state index is 0.165.